The van der Waals surface area contributed by atoms with Crippen LogP contribution >= 0.6 is 19.1 Å². The SMILES string of the molecule is CN(N=O)C1=NC(C)(CCl)P(=O)(NNc2ncccn2)O1. The van der Waals surface area contributed by atoms with Crippen LogP contribution in [0.5, 0.6) is 0 Å². The summed E-state index contributed by atoms with van der Waals surface area (Å²) in [4.78, 5) is 22.4. The number of aromatic nitrogens is 2. The van der Waals surface area contributed by atoms with Gasteiger partial charge in [-0.3, -0.25) is 9.99 Å². The molecule has 2 rings (SSSR count). The quantitative estimate of drug-likeness (QED) is 0.360. The van der Waals surface area contributed by atoms with E-state index in [4.69, 9.17) is 16.1 Å². The molecule has 0 saturated carbocycles. The molecule has 0 fully saturated rings. The fourth-order valence-corrected chi connectivity index (χ4v) is 3.44. The van der Waals surface area contributed by atoms with E-state index in [1.807, 2.05) is 0 Å². The number of hydrogen-bond acceptors (Lipinski definition) is 8. The number of hydrazine groups is 1. The van der Waals surface area contributed by atoms with Gasteiger partial charge in [0, 0.05) is 19.4 Å². The molecule has 0 bridgehead atoms. The van der Waals surface area contributed by atoms with Gasteiger partial charge in [-0.1, -0.05) is 0 Å². The van der Waals surface area contributed by atoms with Gasteiger partial charge >= 0.3 is 13.5 Å². The molecule has 2 N–H and O–H groups in total. The maximum Gasteiger partial charge on any atom is 0.364 e. The summed E-state index contributed by atoms with van der Waals surface area (Å²) >= 11 is 5.84. The van der Waals surface area contributed by atoms with Crippen molar-refractivity contribution in [2.75, 3.05) is 18.4 Å². The lowest BCUT2D eigenvalue weighted by Gasteiger charge is -2.25. The van der Waals surface area contributed by atoms with Gasteiger partial charge < -0.3 is 4.52 Å². The van der Waals surface area contributed by atoms with E-state index in [1.54, 1.807) is 6.07 Å². The minimum atomic E-state index is -3.60. The summed E-state index contributed by atoms with van der Waals surface area (Å²) in [6.07, 6.45) is 3.02. The molecule has 114 valence electrons. The van der Waals surface area contributed by atoms with Crippen LogP contribution in [0.2, 0.25) is 0 Å². The first kappa shape index (κ1) is 15.6. The van der Waals surface area contributed by atoms with E-state index in [0.717, 1.165) is 5.01 Å². The minimum Gasteiger partial charge on any atom is -0.396 e. The van der Waals surface area contributed by atoms with E-state index >= 15 is 0 Å². The maximum atomic E-state index is 12.9. The van der Waals surface area contributed by atoms with Gasteiger partial charge in [-0.2, -0.15) is 5.01 Å². The molecule has 2 atom stereocenters. The highest BCUT2D eigenvalue weighted by Crippen LogP contribution is 2.60. The second-order valence-electron chi connectivity index (χ2n) is 4.30. The van der Waals surface area contributed by atoms with Gasteiger partial charge in [0.25, 0.3) is 0 Å². The van der Waals surface area contributed by atoms with E-state index in [1.165, 1.54) is 26.4 Å². The lowest BCUT2D eigenvalue weighted by molar-refractivity contribution is 0.394. The first-order chi connectivity index (χ1) is 9.94. The van der Waals surface area contributed by atoms with Crippen LogP contribution in [0.1, 0.15) is 6.92 Å². The molecule has 0 amide bonds. The summed E-state index contributed by atoms with van der Waals surface area (Å²) < 4.78 is 18.1. The molecule has 21 heavy (non-hydrogen) atoms. The number of nitroso groups, excluding NO2 is 1. The average molecular weight is 334 g/mol. The van der Waals surface area contributed by atoms with Crippen LogP contribution in [-0.2, 0) is 9.09 Å². The molecule has 2 unspecified atom stereocenters. The highest BCUT2D eigenvalue weighted by atomic mass is 35.5. The van der Waals surface area contributed by atoms with E-state index < -0.39 is 12.8 Å². The number of anilines is 1. The number of aliphatic imine (C=N–C) groups is 1. The molecule has 2 heterocycles. The van der Waals surface area contributed by atoms with Crippen LogP contribution in [0.4, 0.5) is 5.95 Å². The topological polar surface area (TPSA) is 121 Å². The third-order valence-electron chi connectivity index (χ3n) is 2.71. The van der Waals surface area contributed by atoms with E-state index in [2.05, 4.69) is 30.9 Å². The van der Waals surface area contributed by atoms with Gasteiger partial charge in [0.2, 0.25) is 5.95 Å². The van der Waals surface area contributed by atoms with E-state index in [0.29, 0.717) is 0 Å². The first-order valence-electron chi connectivity index (χ1n) is 5.77. The Balaban J connectivity index is 2.18. The second-order valence-corrected chi connectivity index (χ2v) is 7.04. The zero-order chi connectivity index (χ0) is 15.5. The monoisotopic (exact) mass is 333 g/mol. The molecule has 1 aliphatic rings. The Kier molecular flexibility index (Phi) is 4.40. The summed E-state index contributed by atoms with van der Waals surface area (Å²) in [5, 5.41) is 4.72. The Morgan fingerprint density at radius 2 is 2.19 bits per heavy atom. The lowest BCUT2D eigenvalue weighted by Crippen LogP contribution is -2.32. The zero-order valence-corrected chi connectivity index (χ0v) is 12.9. The molecule has 0 radical (unpaired) electrons. The normalized spacial score (nSPS) is 27.7. The first-order valence-corrected chi connectivity index (χ1v) is 7.93. The van der Waals surface area contributed by atoms with Crippen LogP contribution in [0.25, 0.3) is 0 Å². The molecule has 0 aliphatic carbocycles. The van der Waals surface area contributed by atoms with Crippen molar-refractivity contribution in [1.29, 1.82) is 0 Å². The van der Waals surface area contributed by atoms with Crippen LogP contribution < -0.4 is 10.6 Å². The molecule has 12 heteroatoms. The molecule has 1 aliphatic heterocycles. The summed E-state index contributed by atoms with van der Waals surface area (Å²) in [6, 6.07) is 1.45. The fourth-order valence-electron chi connectivity index (χ4n) is 1.41. The Hall–Kier alpha value is -1.77. The number of amidine groups is 1. The van der Waals surface area contributed by atoms with Gasteiger partial charge in [-0.05, 0) is 13.0 Å². The molecule has 10 nitrogen and oxygen atoms in total. The van der Waals surface area contributed by atoms with Gasteiger partial charge in [0.15, 0.2) is 5.28 Å². The summed E-state index contributed by atoms with van der Waals surface area (Å²) in [6.45, 7) is 1.53. The number of alkyl halides is 1. The second kappa shape index (κ2) is 5.92. The number of halogens is 1. The molecule has 0 aromatic carbocycles. The summed E-state index contributed by atoms with van der Waals surface area (Å²) in [5.74, 6) is 0.105. The molecular formula is C9H13ClN7O3P. The van der Waals surface area contributed by atoms with Gasteiger partial charge in [-0.15, -0.1) is 21.7 Å². The number of hydrogen-bond donors (Lipinski definition) is 2. The van der Waals surface area contributed by atoms with Gasteiger partial charge in [0.1, 0.15) is 0 Å². The Morgan fingerprint density at radius 3 is 2.76 bits per heavy atom. The van der Waals surface area contributed by atoms with Gasteiger partial charge in [-0.25, -0.2) is 15.0 Å². The zero-order valence-electron chi connectivity index (χ0n) is 11.2. The molecule has 0 spiro atoms. The molecule has 1 aromatic rings. The average Bonchev–Trinajstić information content (AvgIpc) is 2.78. The number of nitrogens with one attached hydrogen (secondary N) is 2. The highest BCUT2D eigenvalue weighted by Gasteiger charge is 2.54. The van der Waals surface area contributed by atoms with Crippen LogP contribution in [0.15, 0.2) is 28.7 Å². The minimum absolute atomic E-state index is 0.0925. The third-order valence-corrected chi connectivity index (χ3v) is 5.77. The van der Waals surface area contributed by atoms with Crippen LogP contribution in [-0.4, -0.2) is 39.2 Å². The van der Waals surface area contributed by atoms with Crippen molar-refractivity contribution in [1.82, 2.24) is 20.2 Å². The van der Waals surface area contributed by atoms with Crippen LogP contribution in [0.3, 0.4) is 0 Å². The van der Waals surface area contributed by atoms with Crippen LogP contribution in [0, 0.1) is 4.91 Å². The van der Waals surface area contributed by atoms with Gasteiger partial charge in [0.05, 0.1) is 11.2 Å². The van der Waals surface area contributed by atoms with E-state index in [-0.39, 0.29) is 17.9 Å². The maximum absolute atomic E-state index is 12.9. The van der Waals surface area contributed by atoms with Crippen molar-refractivity contribution in [2.45, 2.75) is 12.2 Å². The Morgan fingerprint density at radius 1 is 1.52 bits per heavy atom. The van der Waals surface area contributed by atoms with Crippen molar-refractivity contribution in [3.63, 3.8) is 0 Å². The predicted molar refractivity (Wildman–Crippen MR) is 77.6 cm³/mol. The van der Waals surface area contributed by atoms with Crippen molar-refractivity contribution in [3.8, 4) is 0 Å². The number of nitrogens with zero attached hydrogens (tertiary/aromatic N) is 5. The van der Waals surface area contributed by atoms with Crippen molar-refractivity contribution in [2.24, 2.45) is 10.3 Å². The lowest BCUT2D eigenvalue weighted by atomic mass is 10.4. The number of rotatable bonds is 5. The summed E-state index contributed by atoms with van der Waals surface area (Å²) in [7, 11) is -2.27. The van der Waals surface area contributed by atoms with Crippen molar-refractivity contribution < 1.29 is 9.09 Å². The van der Waals surface area contributed by atoms with E-state index in [9.17, 15) is 9.47 Å². The van der Waals surface area contributed by atoms with Crippen molar-refractivity contribution in [3.05, 3.63) is 23.4 Å². The molecular weight excluding hydrogens is 321 g/mol. The largest absolute Gasteiger partial charge is 0.396 e. The highest BCUT2D eigenvalue weighted by molar-refractivity contribution is 7.59. The molecule has 0 saturated heterocycles. The Labute approximate surface area is 125 Å². The Bertz CT molecular complexity index is 600. The van der Waals surface area contributed by atoms with Crippen molar-refractivity contribution >= 4 is 31.1 Å². The smallest absolute Gasteiger partial charge is 0.364 e. The molecule has 1 aromatic heterocycles. The fraction of sp³-hybridized carbons (Fsp3) is 0.444. The standard InChI is InChI=1S/C9H13ClN7O3P/c1-9(6-10)13-8(17(2)16-18)20-21(9,19)15-14-7-11-4-3-5-12-7/h3-5H,6H2,1-2H3,(H,15,19)(H,11,12,14). The predicted octanol–water partition coefficient (Wildman–Crippen LogP) is 1.54. The third kappa shape index (κ3) is 2.97. The summed E-state index contributed by atoms with van der Waals surface area (Å²) in [5.41, 5.74) is 2.57.